The molecule has 0 atom stereocenters. The van der Waals surface area contributed by atoms with Crippen LogP contribution < -0.4 is 20.9 Å². The van der Waals surface area contributed by atoms with Crippen molar-refractivity contribution in [3.05, 3.63) is 92.4 Å². The van der Waals surface area contributed by atoms with Gasteiger partial charge < -0.3 is 14.6 Å². The summed E-state index contributed by atoms with van der Waals surface area (Å²) in [5.74, 6) is -0.387. The molecular weight excluding hydrogens is 607 g/mol. The molecule has 43 heavy (non-hydrogen) atoms. The zero-order valence-electron chi connectivity index (χ0n) is 22.1. The van der Waals surface area contributed by atoms with Gasteiger partial charge in [-0.05, 0) is 36.4 Å². The van der Waals surface area contributed by atoms with E-state index >= 15 is 0 Å². The Hall–Kier alpha value is -4.69. The minimum Gasteiger partial charge on any atom is -0.497 e. The first-order chi connectivity index (χ1) is 20.6. The average Bonchev–Trinajstić information content (AvgIpc) is 3.62. The van der Waals surface area contributed by atoms with Crippen molar-refractivity contribution in [1.29, 1.82) is 0 Å². The Morgan fingerprint density at radius 3 is 2.70 bits per heavy atom. The first-order valence-corrected chi connectivity index (χ1v) is 14.1. The molecule has 5 heterocycles. The fraction of sp³-hybridized carbons (Fsp3) is 0.179. The number of fused-ring (bicyclic) bond motifs is 3. The van der Waals surface area contributed by atoms with Gasteiger partial charge in [0.2, 0.25) is 0 Å². The molecule has 218 valence electrons. The zero-order chi connectivity index (χ0) is 30.0. The Kier molecular flexibility index (Phi) is 6.29. The van der Waals surface area contributed by atoms with Gasteiger partial charge in [0.05, 0.1) is 37.6 Å². The minimum absolute atomic E-state index is 0.103. The summed E-state index contributed by atoms with van der Waals surface area (Å²) >= 11 is 7.62. The molecular formula is C28H19ClF3N7O3S. The summed E-state index contributed by atoms with van der Waals surface area (Å²) in [5.41, 5.74) is 0.796. The molecule has 0 fully saturated rings. The van der Waals surface area contributed by atoms with Gasteiger partial charge in [-0.25, -0.2) is 19.0 Å². The average molecular weight is 626 g/mol. The second-order valence-electron chi connectivity index (χ2n) is 9.83. The van der Waals surface area contributed by atoms with E-state index in [1.54, 1.807) is 49.7 Å². The summed E-state index contributed by atoms with van der Waals surface area (Å²) in [6.45, 7) is 0.705. The van der Waals surface area contributed by atoms with E-state index < -0.39 is 23.2 Å². The molecule has 1 aliphatic rings. The molecule has 0 bridgehead atoms. The molecule has 0 radical (unpaired) electrons. The van der Waals surface area contributed by atoms with Crippen molar-refractivity contribution in [3.63, 3.8) is 0 Å². The van der Waals surface area contributed by atoms with Crippen LogP contribution in [0.1, 0.15) is 11.6 Å². The van der Waals surface area contributed by atoms with Crippen LogP contribution in [0, 0.1) is 0 Å². The van der Waals surface area contributed by atoms with Crippen LogP contribution in [0.15, 0.2) is 64.4 Å². The number of thiophene rings is 1. The number of anilines is 1. The van der Waals surface area contributed by atoms with Crippen LogP contribution in [0.2, 0.25) is 5.02 Å². The van der Waals surface area contributed by atoms with Crippen LogP contribution in [0.25, 0.3) is 37.1 Å². The molecule has 2 aromatic carbocycles. The highest BCUT2D eigenvalue weighted by Gasteiger charge is 2.38. The molecule has 0 spiro atoms. The Morgan fingerprint density at radius 2 is 1.91 bits per heavy atom. The van der Waals surface area contributed by atoms with Crippen LogP contribution in [-0.2, 0) is 19.3 Å². The minimum atomic E-state index is -4.63. The van der Waals surface area contributed by atoms with E-state index in [9.17, 15) is 22.8 Å². The number of ether oxygens (including phenoxy) is 1. The first-order valence-electron chi connectivity index (χ1n) is 12.9. The number of nitrogens with zero attached hydrogens (tertiary/aromatic N) is 6. The highest BCUT2D eigenvalue weighted by Crippen LogP contribution is 2.37. The lowest BCUT2D eigenvalue weighted by Gasteiger charge is -2.29. The van der Waals surface area contributed by atoms with Crippen LogP contribution in [0.4, 0.5) is 18.9 Å². The Labute approximate surface area is 248 Å². The number of nitrogens with one attached hydrogen (secondary N) is 1. The fourth-order valence-corrected chi connectivity index (χ4v) is 6.52. The highest BCUT2D eigenvalue weighted by atomic mass is 35.5. The van der Waals surface area contributed by atoms with Crippen molar-refractivity contribution in [2.24, 2.45) is 0 Å². The maximum absolute atomic E-state index is 13.8. The second-order valence-corrected chi connectivity index (χ2v) is 11.3. The summed E-state index contributed by atoms with van der Waals surface area (Å²) in [7, 11) is 1.54. The van der Waals surface area contributed by atoms with E-state index in [0.717, 1.165) is 4.57 Å². The number of benzene rings is 2. The number of rotatable bonds is 4. The van der Waals surface area contributed by atoms with Crippen molar-refractivity contribution in [2.75, 3.05) is 18.6 Å². The lowest BCUT2D eigenvalue weighted by atomic mass is 10.1. The molecule has 0 unspecified atom stereocenters. The summed E-state index contributed by atoms with van der Waals surface area (Å²) < 4.78 is 47.4. The molecule has 1 aliphatic heterocycles. The van der Waals surface area contributed by atoms with Gasteiger partial charge >= 0.3 is 11.9 Å². The topological polar surface area (TPSA) is 111 Å². The number of aromatic nitrogens is 6. The molecule has 1 N–H and O–H groups in total. The Bertz CT molecular complexity index is 2190. The number of hydrogen-bond acceptors (Lipinski definition) is 8. The van der Waals surface area contributed by atoms with Crippen molar-refractivity contribution in [2.45, 2.75) is 19.3 Å². The number of methoxy groups -OCH3 is 1. The van der Waals surface area contributed by atoms with Gasteiger partial charge in [0.15, 0.2) is 0 Å². The fourth-order valence-electron chi connectivity index (χ4n) is 5.17. The third-order valence-electron chi connectivity index (χ3n) is 7.26. The van der Waals surface area contributed by atoms with Crippen LogP contribution in [0.5, 0.6) is 5.75 Å². The summed E-state index contributed by atoms with van der Waals surface area (Å²) in [6.07, 6.45) is -1.59. The van der Waals surface area contributed by atoms with Crippen LogP contribution in [-0.4, -0.2) is 43.0 Å². The van der Waals surface area contributed by atoms with E-state index in [2.05, 4.69) is 20.1 Å². The lowest BCUT2D eigenvalue weighted by molar-refractivity contribution is -0.145. The summed E-state index contributed by atoms with van der Waals surface area (Å²) in [5, 5.41) is 5.29. The Morgan fingerprint density at radius 1 is 1.07 bits per heavy atom. The number of alkyl halides is 3. The number of H-pyrrole nitrogens is 1. The Balaban J connectivity index is 1.31. The maximum atomic E-state index is 13.8. The van der Waals surface area contributed by atoms with Crippen molar-refractivity contribution >= 4 is 49.6 Å². The first kappa shape index (κ1) is 27.2. The van der Waals surface area contributed by atoms with E-state index in [1.165, 1.54) is 22.2 Å². The standard InChI is InChI=1S/C28H19ClF3N7O3S/c1-42-16-4-5-19(29)18(9-16)22-10-20-24(43-22)25(40)39(27(41)34-20)21-12-33-11-14-2-3-15(8-17(14)21)37-6-7-38-23(13-37)35-26(36-38)28(30,31)32/h2-5,8-12H,6-7,13H2,1H3,(H,34,41). The number of hydrogen-bond donors (Lipinski definition) is 1. The van der Waals surface area contributed by atoms with Gasteiger partial charge in [0.1, 0.15) is 16.3 Å². The quantitative estimate of drug-likeness (QED) is 0.285. The molecule has 7 rings (SSSR count). The van der Waals surface area contributed by atoms with Crippen LogP contribution in [0.3, 0.4) is 0 Å². The lowest BCUT2D eigenvalue weighted by Crippen LogP contribution is -2.34. The van der Waals surface area contributed by atoms with Gasteiger partial charge in [-0.1, -0.05) is 17.7 Å². The molecule has 0 saturated carbocycles. The highest BCUT2D eigenvalue weighted by molar-refractivity contribution is 7.22. The van der Waals surface area contributed by atoms with Gasteiger partial charge in [0.25, 0.3) is 11.4 Å². The maximum Gasteiger partial charge on any atom is 0.453 e. The summed E-state index contributed by atoms with van der Waals surface area (Å²) in [4.78, 5) is 40.4. The van der Waals surface area contributed by atoms with E-state index in [0.29, 0.717) is 54.4 Å². The predicted octanol–water partition coefficient (Wildman–Crippen LogP) is 5.25. The van der Waals surface area contributed by atoms with Gasteiger partial charge in [0, 0.05) is 44.7 Å². The van der Waals surface area contributed by atoms with E-state index in [-0.39, 0.29) is 24.6 Å². The number of halogens is 4. The molecule has 0 amide bonds. The summed E-state index contributed by atoms with van der Waals surface area (Å²) in [6, 6.07) is 12.3. The molecule has 15 heteroatoms. The van der Waals surface area contributed by atoms with Gasteiger partial charge in [-0.2, -0.15) is 13.2 Å². The monoisotopic (exact) mass is 625 g/mol. The second kappa shape index (κ2) is 9.95. The molecule has 10 nitrogen and oxygen atoms in total. The van der Waals surface area contributed by atoms with Crippen molar-refractivity contribution in [1.82, 2.24) is 29.3 Å². The van der Waals surface area contributed by atoms with Crippen molar-refractivity contribution < 1.29 is 17.9 Å². The third-order valence-corrected chi connectivity index (χ3v) is 8.74. The molecule has 0 aliphatic carbocycles. The molecule has 4 aromatic heterocycles. The van der Waals surface area contributed by atoms with Gasteiger partial charge in [-0.3, -0.25) is 9.78 Å². The van der Waals surface area contributed by atoms with Gasteiger partial charge in [-0.15, -0.1) is 16.4 Å². The SMILES string of the molecule is COc1ccc(Cl)c(-c2cc3[nH]c(=O)n(-c4cncc5ccc(N6CCn7nc(C(F)(F)F)nc7C6)cc45)c(=O)c3s2)c1. The normalized spacial score (nSPS) is 13.6. The molecule has 6 aromatic rings. The predicted molar refractivity (Wildman–Crippen MR) is 156 cm³/mol. The third kappa shape index (κ3) is 4.62. The largest absolute Gasteiger partial charge is 0.497 e. The molecule has 0 saturated heterocycles. The van der Waals surface area contributed by atoms with Crippen molar-refractivity contribution in [3.8, 4) is 21.9 Å². The van der Waals surface area contributed by atoms with E-state index in [4.69, 9.17) is 16.3 Å². The smallest absolute Gasteiger partial charge is 0.453 e. The number of aromatic amines is 1. The van der Waals surface area contributed by atoms with E-state index in [1.807, 2.05) is 11.0 Å². The zero-order valence-corrected chi connectivity index (χ0v) is 23.7. The number of pyridine rings is 1. The van der Waals surface area contributed by atoms with Crippen LogP contribution >= 0.6 is 22.9 Å².